The minimum atomic E-state index is 0.245. The number of hydrogen-bond acceptors (Lipinski definition) is 2. The third-order valence-corrected chi connectivity index (χ3v) is 4.17. The van der Waals surface area contributed by atoms with Crippen LogP contribution >= 0.6 is 0 Å². The molecule has 0 aromatic carbocycles. The van der Waals surface area contributed by atoms with Crippen molar-refractivity contribution in [3.63, 3.8) is 0 Å². The summed E-state index contributed by atoms with van der Waals surface area (Å²) in [7, 11) is 0. The molecule has 2 heteroatoms. The fraction of sp³-hybridized carbons (Fsp3) is 1.00. The Morgan fingerprint density at radius 1 is 1.25 bits per heavy atom. The van der Waals surface area contributed by atoms with Crippen LogP contribution in [-0.2, 0) is 0 Å². The van der Waals surface area contributed by atoms with E-state index in [9.17, 15) is 0 Å². The van der Waals surface area contributed by atoms with E-state index in [1.54, 1.807) is 0 Å². The number of nitrogens with zero attached hydrogens (tertiary/aromatic N) is 1. The van der Waals surface area contributed by atoms with Crippen LogP contribution in [0, 0.1) is 0 Å². The van der Waals surface area contributed by atoms with Gasteiger partial charge < -0.3 is 5.73 Å². The average molecular weight is 226 g/mol. The molecule has 0 aliphatic carbocycles. The van der Waals surface area contributed by atoms with Crippen LogP contribution in [0.5, 0.6) is 0 Å². The van der Waals surface area contributed by atoms with Crippen LogP contribution in [0.3, 0.4) is 0 Å². The van der Waals surface area contributed by atoms with E-state index in [2.05, 4.69) is 25.7 Å². The minimum absolute atomic E-state index is 0.245. The van der Waals surface area contributed by atoms with Crippen LogP contribution in [0.4, 0.5) is 0 Å². The summed E-state index contributed by atoms with van der Waals surface area (Å²) in [4.78, 5) is 2.73. The van der Waals surface area contributed by atoms with E-state index in [-0.39, 0.29) is 5.54 Å². The molecule has 0 bridgehead atoms. The zero-order valence-electron chi connectivity index (χ0n) is 11.5. The number of likely N-dealkylation sites (tertiary alicyclic amines) is 1. The molecule has 1 fully saturated rings. The maximum Gasteiger partial charge on any atom is 0.0306 e. The van der Waals surface area contributed by atoms with E-state index in [0.717, 1.165) is 12.6 Å². The zero-order chi connectivity index (χ0) is 12.0. The first kappa shape index (κ1) is 14.0. The third-order valence-electron chi connectivity index (χ3n) is 4.17. The molecule has 0 amide bonds. The highest BCUT2D eigenvalue weighted by molar-refractivity contribution is 4.92. The lowest BCUT2D eigenvalue weighted by atomic mass is 9.87. The van der Waals surface area contributed by atoms with Crippen molar-refractivity contribution < 1.29 is 0 Å². The molecule has 96 valence electrons. The van der Waals surface area contributed by atoms with Crippen molar-refractivity contribution >= 4 is 0 Å². The van der Waals surface area contributed by atoms with Gasteiger partial charge in [-0.25, -0.2) is 0 Å². The largest absolute Gasteiger partial charge is 0.329 e. The monoisotopic (exact) mass is 226 g/mol. The van der Waals surface area contributed by atoms with Crippen molar-refractivity contribution in [2.45, 2.75) is 77.3 Å². The summed E-state index contributed by atoms with van der Waals surface area (Å²) >= 11 is 0. The van der Waals surface area contributed by atoms with Gasteiger partial charge in [-0.15, -0.1) is 0 Å². The maximum absolute atomic E-state index is 6.04. The summed E-state index contributed by atoms with van der Waals surface area (Å²) < 4.78 is 0. The Morgan fingerprint density at radius 2 is 2.00 bits per heavy atom. The van der Waals surface area contributed by atoms with Gasteiger partial charge in [0.15, 0.2) is 0 Å². The van der Waals surface area contributed by atoms with E-state index in [1.165, 1.54) is 51.5 Å². The second-order valence-electron chi connectivity index (χ2n) is 5.58. The lowest BCUT2D eigenvalue weighted by Crippen LogP contribution is -2.57. The molecule has 1 heterocycles. The Balaban J connectivity index is 2.70. The van der Waals surface area contributed by atoms with Gasteiger partial charge in [0.1, 0.15) is 0 Å². The highest BCUT2D eigenvalue weighted by Crippen LogP contribution is 2.30. The van der Waals surface area contributed by atoms with Crippen molar-refractivity contribution in [3.05, 3.63) is 0 Å². The van der Waals surface area contributed by atoms with Crippen molar-refractivity contribution in [2.24, 2.45) is 5.73 Å². The van der Waals surface area contributed by atoms with Crippen LogP contribution < -0.4 is 5.73 Å². The molecular weight excluding hydrogens is 196 g/mol. The molecule has 1 rings (SSSR count). The lowest BCUT2D eigenvalue weighted by Gasteiger charge is -2.48. The molecule has 2 unspecified atom stereocenters. The summed E-state index contributed by atoms with van der Waals surface area (Å²) in [6.07, 6.45) is 9.28. The molecule has 0 aromatic heterocycles. The van der Waals surface area contributed by atoms with Gasteiger partial charge in [0.25, 0.3) is 0 Å². The summed E-state index contributed by atoms with van der Waals surface area (Å²) in [5.41, 5.74) is 6.29. The smallest absolute Gasteiger partial charge is 0.0306 e. The van der Waals surface area contributed by atoms with Crippen LogP contribution in [0.1, 0.15) is 65.7 Å². The predicted molar refractivity (Wildman–Crippen MR) is 71.6 cm³/mol. The van der Waals surface area contributed by atoms with Crippen LogP contribution in [0.2, 0.25) is 0 Å². The second kappa shape index (κ2) is 6.61. The molecule has 0 radical (unpaired) electrons. The predicted octanol–water partition coefficient (Wildman–Crippen LogP) is 3.16. The first-order chi connectivity index (χ1) is 7.68. The normalized spacial score (nSPS) is 26.6. The van der Waals surface area contributed by atoms with Crippen LogP contribution in [0.15, 0.2) is 0 Å². The quantitative estimate of drug-likeness (QED) is 0.754. The zero-order valence-corrected chi connectivity index (χ0v) is 11.5. The Labute approximate surface area is 102 Å². The molecule has 1 aliphatic rings. The number of nitrogens with two attached hydrogens (primary N) is 1. The third kappa shape index (κ3) is 3.21. The Bertz CT molecular complexity index is 191. The standard InChI is InChI=1S/C14H30N2/c1-4-8-13-9-6-7-11-16(13)14(3,12-15)10-5-2/h13H,4-12,15H2,1-3H3. The molecule has 0 saturated carbocycles. The van der Waals surface area contributed by atoms with E-state index >= 15 is 0 Å². The summed E-state index contributed by atoms with van der Waals surface area (Å²) in [5.74, 6) is 0. The van der Waals surface area contributed by atoms with Crippen molar-refractivity contribution in [1.29, 1.82) is 0 Å². The molecule has 0 aromatic rings. The minimum Gasteiger partial charge on any atom is -0.329 e. The molecule has 1 saturated heterocycles. The molecule has 0 spiro atoms. The van der Waals surface area contributed by atoms with Gasteiger partial charge in [-0.1, -0.05) is 33.1 Å². The molecule has 2 nitrogen and oxygen atoms in total. The van der Waals surface area contributed by atoms with Gasteiger partial charge in [0, 0.05) is 18.1 Å². The maximum atomic E-state index is 6.04. The highest BCUT2D eigenvalue weighted by Gasteiger charge is 2.35. The summed E-state index contributed by atoms with van der Waals surface area (Å²) in [6.45, 7) is 9.00. The molecule has 16 heavy (non-hydrogen) atoms. The Hall–Kier alpha value is -0.0800. The van der Waals surface area contributed by atoms with E-state index in [0.29, 0.717) is 0 Å². The fourth-order valence-corrected chi connectivity index (χ4v) is 3.25. The van der Waals surface area contributed by atoms with Gasteiger partial charge in [-0.3, -0.25) is 4.90 Å². The average Bonchev–Trinajstić information content (AvgIpc) is 2.30. The molecule has 1 aliphatic heterocycles. The first-order valence-corrected chi connectivity index (χ1v) is 7.14. The van der Waals surface area contributed by atoms with Crippen molar-refractivity contribution in [2.75, 3.05) is 13.1 Å². The van der Waals surface area contributed by atoms with E-state index < -0.39 is 0 Å². The van der Waals surface area contributed by atoms with E-state index in [1.807, 2.05) is 0 Å². The Morgan fingerprint density at radius 3 is 2.56 bits per heavy atom. The summed E-state index contributed by atoms with van der Waals surface area (Å²) in [5, 5.41) is 0. The summed E-state index contributed by atoms with van der Waals surface area (Å²) in [6, 6.07) is 0.791. The number of piperidine rings is 1. The second-order valence-corrected chi connectivity index (χ2v) is 5.58. The van der Waals surface area contributed by atoms with Gasteiger partial charge in [-0.2, -0.15) is 0 Å². The highest BCUT2D eigenvalue weighted by atomic mass is 15.2. The van der Waals surface area contributed by atoms with Crippen molar-refractivity contribution in [1.82, 2.24) is 4.90 Å². The molecule has 2 atom stereocenters. The van der Waals surface area contributed by atoms with Crippen molar-refractivity contribution in [3.8, 4) is 0 Å². The topological polar surface area (TPSA) is 29.3 Å². The van der Waals surface area contributed by atoms with Gasteiger partial charge in [0.05, 0.1) is 0 Å². The van der Waals surface area contributed by atoms with Gasteiger partial charge in [0.2, 0.25) is 0 Å². The van der Waals surface area contributed by atoms with Gasteiger partial charge in [-0.05, 0) is 39.2 Å². The Kier molecular flexibility index (Phi) is 5.77. The molecular formula is C14H30N2. The fourth-order valence-electron chi connectivity index (χ4n) is 3.25. The SMILES string of the molecule is CCCC1CCCCN1C(C)(CN)CCC. The van der Waals surface area contributed by atoms with E-state index in [4.69, 9.17) is 5.73 Å². The van der Waals surface area contributed by atoms with Crippen LogP contribution in [-0.4, -0.2) is 29.6 Å². The lowest BCUT2D eigenvalue weighted by molar-refractivity contribution is 0.0231. The first-order valence-electron chi connectivity index (χ1n) is 7.14. The molecule has 2 N–H and O–H groups in total. The number of hydrogen-bond donors (Lipinski definition) is 1. The van der Waals surface area contributed by atoms with Crippen LogP contribution in [0.25, 0.3) is 0 Å². The van der Waals surface area contributed by atoms with Gasteiger partial charge >= 0.3 is 0 Å². The number of rotatable bonds is 6.